The minimum Gasteiger partial charge on any atom is -0.462 e. The van der Waals surface area contributed by atoms with Crippen LogP contribution in [0.4, 0.5) is 0 Å². The van der Waals surface area contributed by atoms with Gasteiger partial charge in [-0.1, -0.05) is 151 Å². The molecule has 0 aromatic heterocycles. The van der Waals surface area contributed by atoms with Crippen LogP contribution in [-0.4, -0.2) is 110 Å². The quantitative estimate of drug-likeness (QED) is 0.0101. The van der Waals surface area contributed by atoms with E-state index in [1.54, 1.807) is 12.2 Å². The highest BCUT2D eigenvalue weighted by Crippen LogP contribution is 2.47. The van der Waals surface area contributed by atoms with E-state index in [0.717, 1.165) is 77.0 Å². The summed E-state index contributed by atoms with van der Waals surface area (Å²) in [7, 11) is -5.17. The minimum atomic E-state index is -5.17. The van der Waals surface area contributed by atoms with Crippen LogP contribution in [0.15, 0.2) is 72.9 Å². The summed E-state index contributed by atoms with van der Waals surface area (Å²) < 4.78 is 33.4. The van der Waals surface area contributed by atoms with Crippen molar-refractivity contribution in [1.82, 2.24) is 0 Å². The average molecular weight is 927 g/mol. The summed E-state index contributed by atoms with van der Waals surface area (Å²) in [5, 5.41) is 60.5. The van der Waals surface area contributed by atoms with E-state index < -0.39 is 81.8 Å². The number of aliphatic hydroxyl groups excluding tert-OH is 6. The summed E-state index contributed by atoms with van der Waals surface area (Å²) >= 11 is 0. The second-order valence-electron chi connectivity index (χ2n) is 16.4. The van der Waals surface area contributed by atoms with Gasteiger partial charge in [0.05, 0.1) is 12.7 Å². The molecule has 1 fully saturated rings. The van der Waals surface area contributed by atoms with Crippen LogP contribution in [0, 0.1) is 0 Å². The molecule has 9 atom stereocenters. The number of unbranched alkanes of at least 4 members (excludes halogenated alkanes) is 13. The summed E-state index contributed by atoms with van der Waals surface area (Å²) in [5.41, 5.74) is 0. The molecule has 4 unspecified atom stereocenters. The maximum absolute atomic E-state index is 12.8. The number of hydrogen-bond acceptors (Lipinski definition) is 13. The van der Waals surface area contributed by atoms with Crippen molar-refractivity contribution < 1.29 is 68.2 Å². The third kappa shape index (κ3) is 30.5. The molecule has 0 aliphatic heterocycles. The Bertz CT molecular complexity index is 1410. The van der Waals surface area contributed by atoms with Gasteiger partial charge in [0.15, 0.2) is 6.10 Å². The Morgan fingerprint density at radius 2 is 1.08 bits per heavy atom. The molecule has 1 saturated carbocycles. The molecule has 0 radical (unpaired) electrons. The van der Waals surface area contributed by atoms with Crippen molar-refractivity contribution in [3.05, 3.63) is 72.9 Å². The number of phosphoric acid groups is 1. The first kappa shape index (κ1) is 59.3. The van der Waals surface area contributed by atoms with E-state index in [2.05, 4.69) is 62.5 Å². The number of ether oxygens (including phenoxy) is 2. The Hall–Kier alpha value is -2.75. The highest BCUT2D eigenvalue weighted by Gasteiger charge is 2.51. The SMILES string of the molecule is CC/C=C\C/C=C\C/C=C\C/C=C\C=C\C(O)CCCC(=O)OC[C@H](COP(=O)(O)OC1[C@H](O)[C@H](O)C(O)[C@H](O)[C@H]1O)OC(=O)CCCCCCCCC/C=C\CCCCCCCC. The minimum absolute atomic E-state index is 0.0476. The second kappa shape index (κ2) is 38.4. The van der Waals surface area contributed by atoms with Gasteiger partial charge in [0, 0.05) is 12.8 Å². The lowest BCUT2D eigenvalue weighted by molar-refractivity contribution is -0.220. The van der Waals surface area contributed by atoms with Crippen LogP contribution in [0.1, 0.15) is 162 Å². The molecule has 0 aromatic carbocycles. The molecule has 7 N–H and O–H groups in total. The predicted molar refractivity (Wildman–Crippen MR) is 250 cm³/mol. The van der Waals surface area contributed by atoms with Crippen molar-refractivity contribution in [2.45, 2.75) is 210 Å². The number of rotatable bonds is 38. The molecule has 1 aliphatic carbocycles. The highest BCUT2D eigenvalue weighted by atomic mass is 31.2. The molecule has 0 bridgehead atoms. The third-order valence-electron chi connectivity index (χ3n) is 10.6. The van der Waals surface area contributed by atoms with E-state index >= 15 is 0 Å². The molecule has 0 heterocycles. The van der Waals surface area contributed by atoms with E-state index in [9.17, 15) is 49.7 Å². The summed E-state index contributed by atoms with van der Waals surface area (Å²) in [6.45, 7) is 3.00. The topological polar surface area (TPSA) is 230 Å². The third-order valence-corrected chi connectivity index (χ3v) is 11.6. The number of carbonyl (C=O) groups excluding carboxylic acids is 2. The Balaban J connectivity index is 2.54. The summed E-state index contributed by atoms with van der Waals surface area (Å²) in [6, 6.07) is 0. The normalized spacial score (nSPS) is 22.7. The molecule has 0 amide bonds. The molecule has 1 aliphatic rings. The van der Waals surface area contributed by atoms with Crippen LogP contribution < -0.4 is 0 Å². The van der Waals surface area contributed by atoms with E-state index in [-0.39, 0.29) is 25.7 Å². The number of carbonyl (C=O) groups is 2. The van der Waals surface area contributed by atoms with Crippen molar-refractivity contribution in [1.29, 1.82) is 0 Å². The number of hydrogen-bond donors (Lipinski definition) is 7. The zero-order valence-corrected chi connectivity index (χ0v) is 39.6. The van der Waals surface area contributed by atoms with Gasteiger partial charge < -0.3 is 45.0 Å². The Morgan fingerprint density at radius 3 is 1.66 bits per heavy atom. The van der Waals surface area contributed by atoms with Gasteiger partial charge in [-0.15, -0.1) is 0 Å². The predicted octanol–water partition coefficient (Wildman–Crippen LogP) is 8.47. The molecule has 1 rings (SSSR count). The fourth-order valence-electron chi connectivity index (χ4n) is 6.78. The van der Waals surface area contributed by atoms with Crippen LogP contribution in [0.5, 0.6) is 0 Å². The molecule has 14 nitrogen and oxygen atoms in total. The molecule has 0 spiro atoms. The first-order chi connectivity index (χ1) is 30.8. The lowest BCUT2D eigenvalue weighted by atomic mass is 9.85. The molecule has 15 heteroatoms. The van der Waals surface area contributed by atoms with Gasteiger partial charge in [-0.3, -0.25) is 18.6 Å². The first-order valence-electron chi connectivity index (χ1n) is 23.8. The van der Waals surface area contributed by atoms with E-state index in [1.807, 2.05) is 12.2 Å². The van der Waals surface area contributed by atoms with Crippen molar-refractivity contribution >= 4 is 19.8 Å². The Morgan fingerprint density at radius 1 is 0.578 bits per heavy atom. The van der Waals surface area contributed by atoms with Crippen LogP contribution in [0.25, 0.3) is 0 Å². The monoisotopic (exact) mass is 927 g/mol. The van der Waals surface area contributed by atoms with E-state index in [4.69, 9.17) is 18.5 Å². The van der Waals surface area contributed by atoms with Crippen molar-refractivity contribution in [3.63, 3.8) is 0 Å². The second-order valence-corrected chi connectivity index (χ2v) is 17.8. The average Bonchev–Trinajstić information content (AvgIpc) is 3.27. The lowest BCUT2D eigenvalue weighted by Gasteiger charge is -2.41. The smallest absolute Gasteiger partial charge is 0.462 e. The van der Waals surface area contributed by atoms with Crippen LogP contribution in [0.2, 0.25) is 0 Å². The van der Waals surface area contributed by atoms with E-state index in [1.165, 1.54) is 38.5 Å². The van der Waals surface area contributed by atoms with Crippen LogP contribution in [0.3, 0.4) is 0 Å². The fraction of sp³-hybridized carbons (Fsp3) is 0.714. The largest absolute Gasteiger partial charge is 0.472 e. The van der Waals surface area contributed by atoms with Gasteiger partial charge in [-0.25, -0.2) is 4.57 Å². The highest BCUT2D eigenvalue weighted by molar-refractivity contribution is 7.47. The van der Waals surface area contributed by atoms with Gasteiger partial charge in [-0.2, -0.15) is 0 Å². The molecular weight excluding hydrogens is 843 g/mol. The van der Waals surface area contributed by atoms with Crippen LogP contribution >= 0.6 is 7.82 Å². The van der Waals surface area contributed by atoms with Crippen molar-refractivity contribution in [2.75, 3.05) is 13.2 Å². The number of allylic oxidation sites excluding steroid dienone is 11. The fourth-order valence-corrected chi connectivity index (χ4v) is 7.75. The van der Waals surface area contributed by atoms with Gasteiger partial charge in [0.25, 0.3) is 0 Å². The summed E-state index contributed by atoms with van der Waals surface area (Å²) in [4.78, 5) is 35.8. The maximum Gasteiger partial charge on any atom is 0.472 e. The number of phosphoric ester groups is 1. The van der Waals surface area contributed by atoms with Gasteiger partial charge >= 0.3 is 19.8 Å². The number of aliphatic hydroxyl groups is 6. The summed E-state index contributed by atoms with van der Waals surface area (Å²) in [5.74, 6) is -1.31. The van der Waals surface area contributed by atoms with Crippen LogP contribution in [-0.2, 0) is 32.7 Å². The standard InChI is InChI=1S/C49H83O14P/c1-3-5-7-9-11-13-15-17-18-19-20-22-24-26-28-30-32-36-43(52)62-41(39-61-64(58,59)63-49-47(56)45(54)44(53)46(55)48(49)57)38-60-42(51)37-33-35-40(50)34-31-29-27-25-23-21-16-14-12-10-8-6-4-2/h6,8,12,14,17-18,21,23,27,29,31,34,40-41,44-50,53-57H,3-5,7,9-11,13,15-16,19-20,22,24-26,28,30,32-33,35-39H2,1-2H3,(H,58,59)/b8-6-,14-12-,18-17-,23-21-,29-27-,34-31+/t40?,41-,44?,45-,46+,47-,48-,49?/m1/s1. The van der Waals surface area contributed by atoms with Gasteiger partial charge in [-0.05, 0) is 70.6 Å². The number of esters is 2. The molecule has 0 aromatic rings. The van der Waals surface area contributed by atoms with E-state index in [0.29, 0.717) is 6.42 Å². The zero-order valence-electron chi connectivity index (χ0n) is 38.7. The molecular formula is C49H83O14P. The first-order valence-corrected chi connectivity index (χ1v) is 25.3. The van der Waals surface area contributed by atoms with Crippen molar-refractivity contribution in [2.24, 2.45) is 0 Å². The lowest BCUT2D eigenvalue weighted by Crippen LogP contribution is -2.64. The molecule has 64 heavy (non-hydrogen) atoms. The zero-order chi connectivity index (χ0) is 47.3. The van der Waals surface area contributed by atoms with Crippen molar-refractivity contribution in [3.8, 4) is 0 Å². The Kier molecular flexibility index (Phi) is 35.5. The molecule has 368 valence electrons. The Labute approximate surface area is 383 Å². The van der Waals surface area contributed by atoms with Gasteiger partial charge in [0.1, 0.15) is 43.2 Å². The molecule has 0 saturated heterocycles. The maximum atomic E-state index is 12.8. The van der Waals surface area contributed by atoms with Gasteiger partial charge in [0.2, 0.25) is 0 Å². The summed E-state index contributed by atoms with van der Waals surface area (Å²) in [6.07, 6.45) is 31.1.